The summed E-state index contributed by atoms with van der Waals surface area (Å²) >= 11 is 0. The van der Waals surface area contributed by atoms with Crippen LogP contribution in [0.5, 0.6) is 0 Å². The van der Waals surface area contributed by atoms with Crippen molar-refractivity contribution in [2.24, 2.45) is 5.14 Å². The third-order valence-electron chi connectivity index (χ3n) is 2.23. The molecule has 4 N–H and O–H groups in total. The van der Waals surface area contributed by atoms with Gasteiger partial charge in [-0.25, -0.2) is 22.3 Å². The number of nitrogens with two attached hydrogens (primary N) is 1. The lowest BCUT2D eigenvalue weighted by atomic mass is 10.1. The summed E-state index contributed by atoms with van der Waals surface area (Å²) in [5.74, 6) is -3.08. The summed E-state index contributed by atoms with van der Waals surface area (Å²) in [6, 6.07) is 1.70. The number of amides is 1. The number of halogens is 2. The van der Waals surface area contributed by atoms with Crippen molar-refractivity contribution in [2.75, 3.05) is 24.7 Å². The summed E-state index contributed by atoms with van der Waals surface area (Å²) in [7, 11) is -2.36. The number of sulfonamides is 1. The van der Waals surface area contributed by atoms with Crippen molar-refractivity contribution < 1.29 is 22.0 Å². The number of nitrogens with one attached hydrogen (secondary N) is 2. The first-order valence-electron chi connectivity index (χ1n) is 5.20. The van der Waals surface area contributed by atoms with Gasteiger partial charge in [0.2, 0.25) is 10.0 Å². The molecule has 1 rings (SSSR count). The molecule has 9 heteroatoms. The highest BCUT2D eigenvalue weighted by Gasteiger charge is 2.14. The molecule has 1 aromatic carbocycles. The van der Waals surface area contributed by atoms with Crippen LogP contribution in [0.4, 0.5) is 14.5 Å². The van der Waals surface area contributed by atoms with Gasteiger partial charge < -0.3 is 10.6 Å². The molecule has 0 bridgehead atoms. The van der Waals surface area contributed by atoms with Crippen LogP contribution < -0.4 is 15.8 Å². The average Bonchev–Trinajstić information content (AvgIpc) is 2.26. The lowest BCUT2D eigenvalue weighted by molar-refractivity contribution is 0.0955. The summed E-state index contributed by atoms with van der Waals surface area (Å²) in [4.78, 5) is 11.5. The molecule has 0 aliphatic heterocycles. The Morgan fingerprint density at radius 1 is 1.32 bits per heavy atom. The van der Waals surface area contributed by atoms with E-state index in [9.17, 15) is 22.0 Å². The zero-order chi connectivity index (χ0) is 14.6. The molecule has 106 valence electrons. The summed E-state index contributed by atoms with van der Waals surface area (Å²) < 4.78 is 48.0. The minimum absolute atomic E-state index is 0.241. The van der Waals surface area contributed by atoms with Crippen molar-refractivity contribution in [3.05, 3.63) is 29.3 Å². The van der Waals surface area contributed by atoms with Gasteiger partial charge in [-0.15, -0.1) is 0 Å². The Morgan fingerprint density at radius 3 is 2.26 bits per heavy atom. The molecule has 0 unspecified atom stereocenters. The molecular weight excluding hydrogens is 280 g/mol. The predicted octanol–water partition coefficient (Wildman–Crippen LogP) is 0.0248. The highest BCUT2D eigenvalue weighted by atomic mass is 32.2. The Bertz CT molecular complexity index is 567. The standard InChI is InChI=1S/C10H13F2N3O3S/c1-14-9-7(11)4-6(5-8(9)12)10(16)15-2-3-19(13,17)18/h4-5,14H,2-3H2,1H3,(H,15,16)(H2,13,17,18). The Hall–Kier alpha value is -1.74. The van der Waals surface area contributed by atoms with E-state index in [2.05, 4.69) is 10.6 Å². The number of carbonyl (C=O) groups is 1. The maximum Gasteiger partial charge on any atom is 0.251 e. The first-order valence-corrected chi connectivity index (χ1v) is 6.91. The van der Waals surface area contributed by atoms with Crippen LogP contribution in [0.15, 0.2) is 12.1 Å². The van der Waals surface area contributed by atoms with Crippen LogP contribution in [0.25, 0.3) is 0 Å². The number of anilines is 1. The van der Waals surface area contributed by atoms with Crippen molar-refractivity contribution in [3.8, 4) is 0 Å². The van der Waals surface area contributed by atoms with Gasteiger partial charge in [0.1, 0.15) is 17.3 Å². The average molecular weight is 293 g/mol. The zero-order valence-electron chi connectivity index (χ0n) is 10.0. The maximum absolute atomic E-state index is 13.4. The molecule has 0 aliphatic carbocycles. The molecule has 19 heavy (non-hydrogen) atoms. The van der Waals surface area contributed by atoms with Crippen LogP contribution in [0.2, 0.25) is 0 Å². The zero-order valence-corrected chi connectivity index (χ0v) is 10.9. The first-order chi connectivity index (χ1) is 8.74. The minimum Gasteiger partial charge on any atom is -0.383 e. The van der Waals surface area contributed by atoms with Gasteiger partial charge in [0.15, 0.2) is 0 Å². The van der Waals surface area contributed by atoms with E-state index in [4.69, 9.17) is 5.14 Å². The summed E-state index contributed by atoms with van der Waals surface area (Å²) in [6.07, 6.45) is 0. The van der Waals surface area contributed by atoms with Gasteiger partial charge in [-0.05, 0) is 12.1 Å². The quantitative estimate of drug-likeness (QED) is 0.712. The molecule has 0 aliphatic rings. The fourth-order valence-corrected chi connectivity index (χ4v) is 1.74. The van der Waals surface area contributed by atoms with Crippen molar-refractivity contribution in [2.45, 2.75) is 0 Å². The Labute approximate surface area is 109 Å². The molecule has 0 saturated heterocycles. The molecule has 0 radical (unpaired) electrons. The summed E-state index contributed by atoms with van der Waals surface area (Å²) in [5, 5.41) is 9.25. The van der Waals surface area contributed by atoms with E-state index in [1.54, 1.807) is 0 Å². The van der Waals surface area contributed by atoms with E-state index in [0.717, 1.165) is 12.1 Å². The maximum atomic E-state index is 13.4. The van der Waals surface area contributed by atoms with Crippen molar-refractivity contribution in [3.63, 3.8) is 0 Å². The number of primary sulfonamides is 1. The van der Waals surface area contributed by atoms with Gasteiger partial charge in [0.05, 0.1) is 5.75 Å². The van der Waals surface area contributed by atoms with Gasteiger partial charge in [0.25, 0.3) is 5.91 Å². The van der Waals surface area contributed by atoms with Crippen LogP contribution in [-0.4, -0.2) is 33.7 Å². The van der Waals surface area contributed by atoms with Gasteiger partial charge in [-0.3, -0.25) is 4.79 Å². The van der Waals surface area contributed by atoms with Crippen molar-refractivity contribution in [1.29, 1.82) is 0 Å². The first kappa shape index (κ1) is 15.3. The van der Waals surface area contributed by atoms with Crippen LogP contribution in [0.3, 0.4) is 0 Å². The lowest BCUT2D eigenvalue weighted by Crippen LogP contribution is -2.31. The molecule has 1 amide bonds. The molecule has 0 fully saturated rings. The second-order valence-electron chi connectivity index (χ2n) is 3.69. The van der Waals surface area contributed by atoms with E-state index in [1.807, 2.05) is 0 Å². The molecule has 1 aromatic rings. The van der Waals surface area contributed by atoms with Gasteiger partial charge in [-0.2, -0.15) is 0 Å². The Kier molecular flexibility index (Phi) is 4.78. The Morgan fingerprint density at radius 2 is 1.84 bits per heavy atom. The highest BCUT2D eigenvalue weighted by Crippen LogP contribution is 2.19. The second-order valence-corrected chi connectivity index (χ2v) is 5.42. The van der Waals surface area contributed by atoms with Crippen molar-refractivity contribution >= 4 is 21.6 Å². The van der Waals surface area contributed by atoms with Crippen LogP contribution in [0.1, 0.15) is 10.4 Å². The van der Waals surface area contributed by atoms with Gasteiger partial charge >= 0.3 is 0 Å². The number of carbonyl (C=O) groups excluding carboxylic acids is 1. The van der Waals surface area contributed by atoms with Crippen LogP contribution in [0, 0.1) is 11.6 Å². The van der Waals surface area contributed by atoms with E-state index in [-0.39, 0.29) is 17.8 Å². The summed E-state index contributed by atoms with van der Waals surface area (Å²) in [5.41, 5.74) is -0.593. The monoisotopic (exact) mass is 293 g/mol. The van der Waals surface area contributed by atoms with E-state index < -0.39 is 33.3 Å². The molecular formula is C10H13F2N3O3S. The number of benzene rings is 1. The fraction of sp³-hybridized carbons (Fsp3) is 0.300. The molecule has 0 atom stereocenters. The lowest BCUT2D eigenvalue weighted by Gasteiger charge is -2.08. The minimum atomic E-state index is -3.70. The summed E-state index contributed by atoms with van der Waals surface area (Å²) in [6.45, 7) is -0.241. The van der Waals surface area contributed by atoms with Gasteiger partial charge in [-0.1, -0.05) is 0 Å². The van der Waals surface area contributed by atoms with Crippen LogP contribution >= 0.6 is 0 Å². The molecule has 0 spiro atoms. The highest BCUT2D eigenvalue weighted by molar-refractivity contribution is 7.89. The fourth-order valence-electron chi connectivity index (χ4n) is 1.35. The van der Waals surface area contributed by atoms with Crippen molar-refractivity contribution in [1.82, 2.24) is 5.32 Å². The SMILES string of the molecule is CNc1c(F)cc(C(=O)NCCS(N)(=O)=O)cc1F. The van der Waals surface area contributed by atoms with Gasteiger partial charge in [0, 0.05) is 19.2 Å². The van der Waals surface area contributed by atoms with E-state index in [0.29, 0.717) is 0 Å². The Balaban J connectivity index is 2.78. The predicted molar refractivity (Wildman–Crippen MR) is 66.2 cm³/mol. The largest absolute Gasteiger partial charge is 0.383 e. The number of rotatable bonds is 5. The van der Waals surface area contributed by atoms with E-state index >= 15 is 0 Å². The molecule has 0 aromatic heterocycles. The normalized spacial score (nSPS) is 11.2. The molecule has 0 heterocycles. The second kappa shape index (κ2) is 5.93. The van der Waals surface area contributed by atoms with E-state index in [1.165, 1.54) is 7.05 Å². The smallest absolute Gasteiger partial charge is 0.251 e. The number of hydrogen-bond donors (Lipinski definition) is 3. The molecule has 6 nitrogen and oxygen atoms in total. The third-order valence-corrected chi connectivity index (χ3v) is 3.00. The number of hydrogen-bond acceptors (Lipinski definition) is 4. The topological polar surface area (TPSA) is 101 Å². The third kappa shape index (κ3) is 4.45. The van der Waals surface area contributed by atoms with Crippen LogP contribution in [-0.2, 0) is 10.0 Å². The molecule has 0 saturated carbocycles.